The van der Waals surface area contributed by atoms with Crippen LogP contribution in [-0.2, 0) is 0 Å². The van der Waals surface area contributed by atoms with Crippen molar-refractivity contribution in [1.29, 1.82) is 0 Å². The van der Waals surface area contributed by atoms with Crippen LogP contribution in [0.2, 0.25) is 0 Å². The van der Waals surface area contributed by atoms with Crippen LogP contribution in [-0.4, -0.2) is 18.8 Å². The third-order valence-electron chi connectivity index (χ3n) is 2.44. The second-order valence-corrected chi connectivity index (χ2v) is 7.06. The average Bonchev–Trinajstić information content (AvgIpc) is 2.30. The van der Waals surface area contributed by atoms with Gasteiger partial charge in [0.05, 0.1) is 0 Å². The molecule has 14 heavy (non-hydrogen) atoms. The van der Waals surface area contributed by atoms with E-state index in [0.717, 1.165) is 0 Å². The summed E-state index contributed by atoms with van der Waals surface area (Å²) >= 11 is 0. The fourth-order valence-electron chi connectivity index (χ4n) is 1.60. The summed E-state index contributed by atoms with van der Waals surface area (Å²) in [5.41, 5.74) is 2.70. The Hall–Kier alpha value is -1.13. The van der Waals surface area contributed by atoms with Crippen molar-refractivity contribution in [3.05, 3.63) is 54.6 Å². The van der Waals surface area contributed by atoms with Gasteiger partial charge < -0.3 is 0 Å². The van der Waals surface area contributed by atoms with Gasteiger partial charge in [0, 0.05) is 9.04 Å². The maximum absolute atomic E-state index is 2.36. The second-order valence-electron chi connectivity index (χ2n) is 3.42. The molecule has 0 saturated heterocycles. The zero-order chi connectivity index (χ0) is 9.80. The summed E-state index contributed by atoms with van der Waals surface area (Å²) in [5, 5.41) is 1.60. The Morgan fingerprint density at radius 2 is 1.50 bits per heavy atom. The Morgan fingerprint density at radius 1 is 0.786 bits per heavy atom. The van der Waals surface area contributed by atoms with Gasteiger partial charge in [0.25, 0.3) is 0 Å². The SMILES string of the molecule is [SiH3][SiH2]c1cccc(-c2ccccc2)c1. The quantitative estimate of drug-likeness (QED) is 0.636. The summed E-state index contributed by atoms with van der Waals surface area (Å²) in [6, 6.07) is 19.6. The van der Waals surface area contributed by atoms with Gasteiger partial charge in [0.1, 0.15) is 0 Å². The predicted octanol–water partition coefficient (Wildman–Crippen LogP) is 0.428. The molecule has 0 unspecified atom stereocenters. The number of benzene rings is 2. The smallest absolute Gasteiger partial charge is 0.0384 e. The maximum Gasteiger partial charge on any atom is 0.0384 e. The fraction of sp³-hybridized carbons (Fsp3) is 0. The Bertz CT molecular complexity index is 410. The van der Waals surface area contributed by atoms with E-state index in [0.29, 0.717) is 0 Å². The lowest BCUT2D eigenvalue weighted by molar-refractivity contribution is 1.64. The fourth-order valence-corrected chi connectivity index (χ4v) is 3.72. The van der Waals surface area contributed by atoms with Crippen LogP contribution in [0.3, 0.4) is 0 Å². The molecule has 0 bridgehead atoms. The van der Waals surface area contributed by atoms with Crippen molar-refractivity contribution in [1.82, 2.24) is 0 Å². The average molecular weight is 214 g/mol. The van der Waals surface area contributed by atoms with Gasteiger partial charge in [-0.15, -0.1) is 0 Å². The molecular formula is C12H14Si2. The minimum absolute atomic E-state index is 0.104. The molecule has 2 aromatic carbocycles. The molecule has 0 nitrogen and oxygen atoms in total. The van der Waals surface area contributed by atoms with Crippen LogP contribution in [0, 0.1) is 0 Å². The monoisotopic (exact) mass is 214 g/mol. The lowest BCUT2D eigenvalue weighted by Crippen LogP contribution is -2.13. The van der Waals surface area contributed by atoms with Gasteiger partial charge in [0.15, 0.2) is 0 Å². The molecule has 0 atom stereocenters. The highest BCUT2D eigenvalue weighted by atomic mass is 29.1. The van der Waals surface area contributed by atoms with Crippen molar-refractivity contribution < 1.29 is 0 Å². The first-order valence-electron chi connectivity index (χ1n) is 5.04. The topological polar surface area (TPSA) is 0 Å². The highest BCUT2D eigenvalue weighted by Crippen LogP contribution is 2.16. The molecule has 0 aromatic heterocycles. The van der Waals surface area contributed by atoms with Gasteiger partial charge >= 0.3 is 0 Å². The molecule has 2 heteroatoms. The number of hydrogen-bond acceptors (Lipinski definition) is 0. The molecular weight excluding hydrogens is 200 g/mol. The molecule has 2 aromatic rings. The van der Waals surface area contributed by atoms with E-state index in [1.807, 2.05) is 0 Å². The lowest BCUT2D eigenvalue weighted by Gasteiger charge is -2.03. The van der Waals surface area contributed by atoms with Gasteiger partial charge in [-0.25, -0.2) is 0 Å². The molecule has 0 heterocycles. The van der Waals surface area contributed by atoms with Crippen LogP contribution in [0.1, 0.15) is 0 Å². The molecule has 0 fully saturated rings. The number of hydrogen-bond donors (Lipinski definition) is 0. The van der Waals surface area contributed by atoms with Crippen LogP contribution < -0.4 is 5.19 Å². The highest BCUT2D eigenvalue weighted by Gasteiger charge is 1.96. The molecule has 70 valence electrons. The summed E-state index contributed by atoms with van der Waals surface area (Å²) in [4.78, 5) is 0. The summed E-state index contributed by atoms with van der Waals surface area (Å²) in [6.45, 7) is 0. The first-order chi connectivity index (χ1) is 6.90. The van der Waals surface area contributed by atoms with Crippen LogP contribution in [0.15, 0.2) is 54.6 Å². The minimum atomic E-state index is 0.104. The van der Waals surface area contributed by atoms with E-state index >= 15 is 0 Å². The molecule has 0 aliphatic heterocycles. The molecule has 0 spiro atoms. The maximum atomic E-state index is 2.36. The van der Waals surface area contributed by atoms with E-state index in [9.17, 15) is 0 Å². The van der Waals surface area contributed by atoms with Crippen LogP contribution in [0.4, 0.5) is 0 Å². The van der Waals surface area contributed by atoms with E-state index in [1.54, 1.807) is 5.19 Å². The van der Waals surface area contributed by atoms with Gasteiger partial charge in [-0.2, -0.15) is 0 Å². The van der Waals surface area contributed by atoms with Crippen molar-refractivity contribution in [2.75, 3.05) is 0 Å². The minimum Gasteiger partial charge on any atom is -0.0699 e. The Labute approximate surface area is 90.0 Å². The van der Waals surface area contributed by atoms with E-state index in [2.05, 4.69) is 54.6 Å². The Morgan fingerprint density at radius 3 is 2.21 bits per heavy atom. The van der Waals surface area contributed by atoms with E-state index in [1.165, 1.54) is 20.9 Å². The predicted molar refractivity (Wildman–Crippen MR) is 70.0 cm³/mol. The third kappa shape index (κ3) is 2.03. The second kappa shape index (κ2) is 4.39. The summed E-state index contributed by atoms with van der Waals surface area (Å²) < 4.78 is 0. The largest absolute Gasteiger partial charge is 0.0699 e. The van der Waals surface area contributed by atoms with Crippen molar-refractivity contribution in [3.8, 4) is 11.1 Å². The van der Waals surface area contributed by atoms with Crippen LogP contribution in [0.25, 0.3) is 11.1 Å². The van der Waals surface area contributed by atoms with Crippen molar-refractivity contribution in [3.63, 3.8) is 0 Å². The zero-order valence-corrected chi connectivity index (χ0v) is 11.8. The summed E-state index contributed by atoms with van der Waals surface area (Å²) in [5.74, 6) is 0. The first kappa shape index (κ1) is 9.43. The highest BCUT2D eigenvalue weighted by molar-refractivity contribution is 6.97. The standard InChI is InChI=1S/C12H14Si2/c13-14-12-8-4-7-11(9-12)10-5-2-1-3-6-10/h1-9H,14H2,13H3. The van der Waals surface area contributed by atoms with E-state index in [-0.39, 0.29) is 9.04 Å². The Kier molecular flexibility index (Phi) is 2.96. The first-order valence-corrected chi connectivity index (χ1v) is 11.4. The van der Waals surface area contributed by atoms with Crippen molar-refractivity contribution in [2.24, 2.45) is 0 Å². The third-order valence-corrected chi connectivity index (χ3v) is 6.15. The van der Waals surface area contributed by atoms with Gasteiger partial charge in [-0.3, -0.25) is 0 Å². The molecule has 0 amide bonds. The van der Waals surface area contributed by atoms with Gasteiger partial charge in [0.2, 0.25) is 0 Å². The Balaban J connectivity index is 2.42. The molecule has 0 saturated carbocycles. The van der Waals surface area contributed by atoms with Gasteiger partial charge in [-0.05, 0) is 20.9 Å². The van der Waals surface area contributed by atoms with E-state index in [4.69, 9.17) is 0 Å². The number of rotatable bonds is 2. The summed E-state index contributed by atoms with van der Waals surface area (Å²) in [7, 11) is 1.48. The normalized spacial score (nSPS) is 11.1. The molecule has 0 radical (unpaired) electrons. The van der Waals surface area contributed by atoms with Crippen LogP contribution in [0.5, 0.6) is 0 Å². The zero-order valence-electron chi connectivity index (χ0n) is 8.40. The molecule has 2 rings (SSSR count). The van der Waals surface area contributed by atoms with Crippen molar-refractivity contribution in [2.45, 2.75) is 0 Å². The van der Waals surface area contributed by atoms with Gasteiger partial charge in [-0.1, -0.05) is 59.8 Å². The summed E-state index contributed by atoms with van der Waals surface area (Å²) in [6.07, 6.45) is 0. The molecule has 0 aliphatic carbocycles. The molecule has 0 N–H and O–H groups in total. The van der Waals surface area contributed by atoms with Crippen molar-refractivity contribution >= 4 is 24.0 Å². The lowest BCUT2D eigenvalue weighted by atomic mass is 10.1. The van der Waals surface area contributed by atoms with E-state index < -0.39 is 0 Å². The molecule has 0 aliphatic rings. The van der Waals surface area contributed by atoms with Crippen LogP contribution >= 0.6 is 0 Å².